The highest BCUT2D eigenvalue weighted by molar-refractivity contribution is 7.91. The first kappa shape index (κ1) is 16.2. The molecule has 1 aliphatic heterocycles. The molecule has 0 saturated carbocycles. The highest BCUT2D eigenvalue weighted by Crippen LogP contribution is 2.24. The summed E-state index contributed by atoms with van der Waals surface area (Å²) in [6.07, 6.45) is -0.119. The third-order valence-corrected chi connectivity index (χ3v) is 4.87. The second-order valence-electron chi connectivity index (χ2n) is 5.99. The lowest BCUT2D eigenvalue weighted by atomic mass is 9.92. The first-order valence-electron chi connectivity index (χ1n) is 6.41. The zero-order chi connectivity index (χ0) is 14.7. The molecule has 0 spiro atoms. The summed E-state index contributed by atoms with van der Waals surface area (Å²) in [7, 11) is -3.06. The molecule has 19 heavy (non-hydrogen) atoms. The molecule has 1 aliphatic rings. The van der Waals surface area contributed by atoms with Crippen LogP contribution in [-0.2, 0) is 14.6 Å². The Hall–Kier alpha value is -0.820. The fourth-order valence-electron chi connectivity index (χ4n) is 2.11. The number of amides is 1. The van der Waals surface area contributed by atoms with Crippen LogP contribution in [0, 0.1) is 11.8 Å². The van der Waals surface area contributed by atoms with Gasteiger partial charge in [0.05, 0.1) is 11.5 Å². The predicted octanol–water partition coefficient (Wildman–Crippen LogP) is 0.554. The number of nitrogens with one attached hydrogen (secondary N) is 1. The highest BCUT2D eigenvalue weighted by Gasteiger charge is 2.33. The fourth-order valence-corrected chi connectivity index (χ4v) is 3.98. The van der Waals surface area contributed by atoms with Gasteiger partial charge in [-0.15, -0.1) is 0 Å². The van der Waals surface area contributed by atoms with E-state index in [9.17, 15) is 18.3 Å². The van der Waals surface area contributed by atoms with E-state index in [1.807, 2.05) is 0 Å². The Balaban J connectivity index is 2.51. The van der Waals surface area contributed by atoms with Crippen molar-refractivity contribution >= 4 is 15.9 Å². The van der Waals surface area contributed by atoms with E-state index in [4.69, 9.17) is 4.74 Å². The first-order valence-corrected chi connectivity index (χ1v) is 8.23. The van der Waals surface area contributed by atoms with E-state index in [0.717, 1.165) is 0 Å². The van der Waals surface area contributed by atoms with E-state index < -0.39 is 21.5 Å². The maximum Gasteiger partial charge on any atom is 0.407 e. The number of hydrogen-bond donors (Lipinski definition) is 2. The Morgan fingerprint density at radius 1 is 1.37 bits per heavy atom. The number of aliphatic hydroxyl groups excluding tert-OH is 1. The molecule has 0 bridgehead atoms. The zero-order valence-corrected chi connectivity index (χ0v) is 12.5. The number of ether oxygens (including phenoxy) is 1. The summed E-state index contributed by atoms with van der Waals surface area (Å²) in [5.41, 5.74) is -0.584. The van der Waals surface area contributed by atoms with Gasteiger partial charge < -0.3 is 15.2 Å². The second-order valence-corrected chi connectivity index (χ2v) is 8.22. The van der Waals surface area contributed by atoms with Gasteiger partial charge in [0.15, 0.2) is 9.84 Å². The number of sulfone groups is 1. The number of carbonyl (C=O) groups excluding carboxylic acids is 1. The average Bonchev–Trinajstić information content (AvgIpc) is 2.23. The van der Waals surface area contributed by atoms with Crippen molar-refractivity contribution in [1.82, 2.24) is 5.32 Å². The van der Waals surface area contributed by atoms with Crippen LogP contribution < -0.4 is 5.32 Å². The van der Waals surface area contributed by atoms with E-state index in [0.29, 0.717) is 6.42 Å². The van der Waals surface area contributed by atoms with Crippen LogP contribution in [0.4, 0.5) is 4.79 Å². The van der Waals surface area contributed by atoms with Gasteiger partial charge in [0.1, 0.15) is 5.60 Å². The molecule has 2 atom stereocenters. The molecule has 0 aromatic rings. The SMILES string of the molecule is CC(C)(C)OC(=O)NCC1CS(=O)(=O)CCC1CO. The Labute approximate surface area is 114 Å². The maximum atomic E-state index is 11.6. The summed E-state index contributed by atoms with van der Waals surface area (Å²) in [4.78, 5) is 11.5. The van der Waals surface area contributed by atoms with Crippen molar-refractivity contribution in [1.29, 1.82) is 0 Å². The van der Waals surface area contributed by atoms with Gasteiger partial charge in [-0.1, -0.05) is 0 Å². The minimum absolute atomic E-state index is 0.00796. The molecule has 6 nitrogen and oxygen atoms in total. The molecule has 0 radical (unpaired) electrons. The van der Waals surface area contributed by atoms with Crippen LogP contribution in [0.25, 0.3) is 0 Å². The van der Waals surface area contributed by atoms with Gasteiger partial charge in [0.25, 0.3) is 0 Å². The summed E-state index contributed by atoms with van der Waals surface area (Å²) in [5, 5.41) is 11.8. The van der Waals surface area contributed by atoms with E-state index in [1.165, 1.54) is 0 Å². The van der Waals surface area contributed by atoms with Gasteiger partial charge in [-0.3, -0.25) is 0 Å². The van der Waals surface area contributed by atoms with Crippen molar-refractivity contribution < 1.29 is 23.1 Å². The molecular weight excluding hydrogens is 270 g/mol. The molecule has 7 heteroatoms. The van der Waals surface area contributed by atoms with Crippen molar-refractivity contribution in [3.05, 3.63) is 0 Å². The highest BCUT2D eigenvalue weighted by atomic mass is 32.2. The molecule has 0 aromatic carbocycles. The molecule has 1 rings (SSSR count). The molecule has 0 aromatic heterocycles. The summed E-state index contributed by atoms with van der Waals surface area (Å²) in [5.74, 6) is -0.218. The van der Waals surface area contributed by atoms with E-state index >= 15 is 0 Å². The molecule has 1 fully saturated rings. The van der Waals surface area contributed by atoms with Crippen LogP contribution >= 0.6 is 0 Å². The van der Waals surface area contributed by atoms with Crippen LogP contribution in [0.2, 0.25) is 0 Å². The largest absolute Gasteiger partial charge is 0.444 e. The van der Waals surface area contributed by atoms with Gasteiger partial charge in [0.2, 0.25) is 0 Å². The van der Waals surface area contributed by atoms with E-state index in [-0.39, 0.29) is 36.5 Å². The maximum absolute atomic E-state index is 11.6. The van der Waals surface area contributed by atoms with Crippen molar-refractivity contribution in [3.8, 4) is 0 Å². The molecule has 0 aliphatic carbocycles. The molecule has 1 heterocycles. The lowest BCUT2D eigenvalue weighted by molar-refractivity contribution is 0.0507. The molecular formula is C12H23NO5S. The monoisotopic (exact) mass is 293 g/mol. The molecule has 112 valence electrons. The lowest BCUT2D eigenvalue weighted by Crippen LogP contribution is -2.43. The summed E-state index contributed by atoms with van der Waals surface area (Å²) in [6.45, 7) is 5.42. The topological polar surface area (TPSA) is 92.7 Å². The van der Waals surface area contributed by atoms with Crippen molar-refractivity contribution in [2.75, 3.05) is 24.7 Å². The van der Waals surface area contributed by atoms with Crippen LogP contribution in [0.3, 0.4) is 0 Å². The number of aliphatic hydroxyl groups is 1. The molecule has 2 N–H and O–H groups in total. The van der Waals surface area contributed by atoms with Crippen LogP contribution in [0.5, 0.6) is 0 Å². The van der Waals surface area contributed by atoms with E-state index in [2.05, 4.69) is 5.32 Å². The van der Waals surface area contributed by atoms with Gasteiger partial charge in [-0.2, -0.15) is 0 Å². The third kappa shape index (κ3) is 5.78. The van der Waals surface area contributed by atoms with Crippen LogP contribution in [0.1, 0.15) is 27.2 Å². The number of alkyl carbamates (subject to hydrolysis) is 1. The minimum Gasteiger partial charge on any atom is -0.444 e. The summed E-state index contributed by atoms with van der Waals surface area (Å²) in [6, 6.07) is 0. The normalized spacial score (nSPS) is 26.7. The average molecular weight is 293 g/mol. The van der Waals surface area contributed by atoms with Crippen LogP contribution in [0.15, 0.2) is 0 Å². The summed E-state index contributed by atoms with van der Waals surface area (Å²) >= 11 is 0. The Morgan fingerprint density at radius 2 is 2.00 bits per heavy atom. The molecule has 1 amide bonds. The van der Waals surface area contributed by atoms with E-state index in [1.54, 1.807) is 20.8 Å². The Morgan fingerprint density at radius 3 is 2.53 bits per heavy atom. The first-order chi connectivity index (χ1) is 8.63. The quantitative estimate of drug-likeness (QED) is 0.793. The molecule has 1 saturated heterocycles. The number of hydrogen-bond acceptors (Lipinski definition) is 5. The Kier molecular flexibility index (Phi) is 5.20. The van der Waals surface area contributed by atoms with Crippen molar-refractivity contribution in [3.63, 3.8) is 0 Å². The van der Waals surface area contributed by atoms with Crippen LogP contribution in [-0.4, -0.2) is 49.9 Å². The van der Waals surface area contributed by atoms with Gasteiger partial charge in [-0.25, -0.2) is 13.2 Å². The summed E-state index contributed by atoms with van der Waals surface area (Å²) < 4.78 is 28.2. The number of rotatable bonds is 3. The zero-order valence-electron chi connectivity index (χ0n) is 11.7. The predicted molar refractivity (Wildman–Crippen MR) is 71.6 cm³/mol. The smallest absolute Gasteiger partial charge is 0.407 e. The molecule has 2 unspecified atom stereocenters. The van der Waals surface area contributed by atoms with Gasteiger partial charge in [0, 0.05) is 13.2 Å². The minimum atomic E-state index is -3.06. The van der Waals surface area contributed by atoms with Gasteiger partial charge in [-0.05, 0) is 39.0 Å². The third-order valence-electron chi connectivity index (χ3n) is 3.08. The lowest BCUT2D eigenvalue weighted by Gasteiger charge is -2.30. The Bertz CT molecular complexity index is 412. The van der Waals surface area contributed by atoms with Crippen molar-refractivity contribution in [2.24, 2.45) is 11.8 Å². The van der Waals surface area contributed by atoms with Crippen molar-refractivity contribution in [2.45, 2.75) is 32.8 Å². The van der Waals surface area contributed by atoms with Gasteiger partial charge >= 0.3 is 6.09 Å². The second kappa shape index (κ2) is 6.09. The number of carbonyl (C=O) groups is 1. The fraction of sp³-hybridized carbons (Fsp3) is 0.917. The standard InChI is InChI=1S/C12H23NO5S/c1-12(2,3)18-11(15)13-6-10-8-19(16,17)5-4-9(10)7-14/h9-10,14H,4-8H2,1-3H3,(H,13,15).